The van der Waals surface area contributed by atoms with E-state index in [1.807, 2.05) is 66.7 Å². The van der Waals surface area contributed by atoms with Crippen LogP contribution in [-0.4, -0.2) is 13.0 Å². The number of carbonyl (C=O) groups is 1. The number of nitrogens with one attached hydrogen (secondary N) is 1. The van der Waals surface area contributed by atoms with E-state index in [-0.39, 0.29) is 5.91 Å². The van der Waals surface area contributed by atoms with E-state index in [1.165, 1.54) is 0 Å². The lowest BCUT2D eigenvalue weighted by Crippen LogP contribution is -2.12. The monoisotopic (exact) mass is 317 g/mol. The van der Waals surface area contributed by atoms with Crippen molar-refractivity contribution in [2.24, 2.45) is 0 Å². The molecular formula is C20H15NO3. The third-order valence-electron chi connectivity index (χ3n) is 4.00. The van der Waals surface area contributed by atoms with Crippen LogP contribution in [0.5, 0.6) is 5.75 Å². The van der Waals surface area contributed by atoms with Crippen molar-refractivity contribution in [3.8, 4) is 5.75 Å². The summed E-state index contributed by atoms with van der Waals surface area (Å²) in [5.74, 6) is 0.577. The first-order chi connectivity index (χ1) is 11.8. The second-order valence-corrected chi connectivity index (χ2v) is 5.46. The highest BCUT2D eigenvalue weighted by molar-refractivity contribution is 6.19. The number of hydrogen-bond donors (Lipinski definition) is 1. The van der Waals surface area contributed by atoms with E-state index >= 15 is 0 Å². The van der Waals surface area contributed by atoms with Gasteiger partial charge in [-0.15, -0.1) is 0 Å². The van der Waals surface area contributed by atoms with Crippen LogP contribution in [0.15, 0.2) is 71.1 Å². The minimum absolute atomic E-state index is 0.169. The summed E-state index contributed by atoms with van der Waals surface area (Å²) in [4.78, 5) is 12.7. The van der Waals surface area contributed by atoms with Crippen molar-refractivity contribution in [3.63, 3.8) is 0 Å². The molecule has 4 rings (SSSR count). The second-order valence-electron chi connectivity index (χ2n) is 5.46. The summed E-state index contributed by atoms with van der Waals surface area (Å²) in [6.07, 6.45) is 0. The first kappa shape index (κ1) is 14.3. The lowest BCUT2D eigenvalue weighted by Gasteiger charge is -2.07. The molecule has 0 spiro atoms. The Balaban J connectivity index is 1.76. The van der Waals surface area contributed by atoms with E-state index in [0.29, 0.717) is 16.8 Å². The summed E-state index contributed by atoms with van der Waals surface area (Å²) in [5.41, 5.74) is 2.79. The van der Waals surface area contributed by atoms with Crippen LogP contribution >= 0.6 is 0 Å². The number of hydrogen-bond acceptors (Lipinski definition) is 3. The van der Waals surface area contributed by atoms with Crippen molar-refractivity contribution >= 4 is 33.5 Å². The van der Waals surface area contributed by atoms with Crippen LogP contribution in [0.4, 0.5) is 5.69 Å². The van der Waals surface area contributed by atoms with Gasteiger partial charge in [-0.25, -0.2) is 0 Å². The van der Waals surface area contributed by atoms with Gasteiger partial charge < -0.3 is 14.5 Å². The molecule has 0 bridgehead atoms. The molecule has 1 aromatic heterocycles. The summed E-state index contributed by atoms with van der Waals surface area (Å²) in [7, 11) is 1.61. The number of amides is 1. The van der Waals surface area contributed by atoms with Crippen LogP contribution in [0.25, 0.3) is 21.9 Å². The normalized spacial score (nSPS) is 10.9. The molecule has 0 saturated heterocycles. The van der Waals surface area contributed by atoms with E-state index in [1.54, 1.807) is 7.11 Å². The molecule has 3 aromatic carbocycles. The average Bonchev–Trinajstić information content (AvgIpc) is 3.01. The van der Waals surface area contributed by atoms with Gasteiger partial charge in [-0.1, -0.05) is 24.3 Å². The van der Waals surface area contributed by atoms with Gasteiger partial charge in [0.1, 0.15) is 16.9 Å². The van der Waals surface area contributed by atoms with Crippen LogP contribution < -0.4 is 10.1 Å². The van der Waals surface area contributed by atoms with Gasteiger partial charge in [0.05, 0.1) is 12.7 Å². The highest BCUT2D eigenvalue weighted by Crippen LogP contribution is 2.31. The molecule has 1 N–H and O–H groups in total. The Morgan fingerprint density at radius 2 is 1.67 bits per heavy atom. The lowest BCUT2D eigenvalue weighted by atomic mass is 10.1. The van der Waals surface area contributed by atoms with E-state index in [2.05, 4.69) is 5.32 Å². The quantitative estimate of drug-likeness (QED) is 0.588. The Morgan fingerprint density at radius 3 is 2.46 bits per heavy atom. The molecule has 4 aromatic rings. The maximum Gasteiger partial charge on any atom is 0.256 e. The molecule has 0 saturated carbocycles. The van der Waals surface area contributed by atoms with E-state index in [9.17, 15) is 4.79 Å². The zero-order valence-electron chi connectivity index (χ0n) is 13.1. The topological polar surface area (TPSA) is 51.5 Å². The molecule has 0 aliphatic carbocycles. The summed E-state index contributed by atoms with van der Waals surface area (Å²) < 4.78 is 11.0. The first-order valence-electron chi connectivity index (χ1n) is 7.62. The molecule has 4 heteroatoms. The number of fused-ring (bicyclic) bond motifs is 3. The van der Waals surface area contributed by atoms with Crippen LogP contribution in [0.2, 0.25) is 0 Å². The minimum atomic E-state index is -0.169. The highest BCUT2D eigenvalue weighted by Gasteiger charge is 2.15. The molecule has 0 fully saturated rings. The zero-order chi connectivity index (χ0) is 16.5. The van der Waals surface area contributed by atoms with Gasteiger partial charge in [0.15, 0.2) is 0 Å². The molecule has 1 heterocycles. The fraction of sp³-hybridized carbons (Fsp3) is 0.0500. The van der Waals surface area contributed by atoms with Crippen molar-refractivity contribution in [2.75, 3.05) is 12.4 Å². The van der Waals surface area contributed by atoms with Crippen molar-refractivity contribution in [1.29, 1.82) is 0 Å². The highest BCUT2D eigenvalue weighted by atomic mass is 16.5. The Bertz CT molecular complexity index is 1030. The van der Waals surface area contributed by atoms with Crippen molar-refractivity contribution in [1.82, 2.24) is 0 Å². The van der Waals surface area contributed by atoms with Crippen LogP contribution in [0.1, 0.15) is 10.4 Å². The Labute approximate surface area is 138 Å². The molecule has 1 amide bonds. The maximum atomic E-state index is 12.7. The summed E-state index contributed by atoms with van der Waals surface area (Å²) in [6.45, 7) is 0. The minimum Gasteiger partial charge on any atom is -0.497 e. The van der Waals surface area contributed by atoms with Crippen molar-refractivity contribution < 1.29 is 13.9 Å². The number of furan rings is 1. The Kier molecular flexibility index (Phi) is 3.43. The number of carbonyl (C=O) groups excluding carboxylic acids is 1. The smallest absolute Gasteiger partial charge is 0.256 e. The predicted molar refractivity (Wildman–Crippen MR) is 94.7 cm³/mol. The van der Waals surface area contributed by atoms with Gasteiger partial charge in [0, 0.05) is 16.5 Å². The SMILES string of the molecule is COc1ccc(NC(=O)c2cccc3oc4ccccc4c23)cc1. The third kappa shape index (κ3) is 2.38. The fourth-order valence-corrected chi connectivity index (χ4v) is 2.84. The number of anilines is 1. The lowest BCUT2D eigenvalue weighted by molar-refractivity contribution is 0.102. The number of benzene rings is 3. The molecule has 4 nitrogen and oxygen atoms in total. The van der Waals surface area contributed by atoms with Gasteiger partial charge >= 0.3 is 0 Å². The van der Waals surface area contributed by atoms with Crippen molar-refractivity contribution in [3.05, 3.63) is 72.3 Å². The van der Waals surface area contributed by atoms with Crippen LogP contribution in [0.3, 0.4) is 0 Å². The predicted octanol–water partition coefficient (Wildman–Crippen LogP) is 4.85. The molecule has 118 valence electrons. The Hall–Kier alpha value is -3.27. The standard InChI is InChI=1S/C20H15NO3/c1-23-14-11-9-13(10-12-14)21-20(22)16-6-4-8-18-19(16)15-5-2-3-7-17(15)24-18/h2-12H,1H3,(H,21,22). The molecule has 0 aliphatic rings. The molecular weight excluding hydrogens is 302 g/mol. The van der Waals surface area contributed by atoms with Gasteiger partial charge in [-0.3, -0.25) is 4.79 Å². The van der Waals surface area contributed by atoms with E-state index in [4.69, 9.17) is 9.15 Å². The van der Waals surface area contributed by atoms with E-state index < -0.39 is 0 Å². The number of methoxy groups -OCH3 is 1. The summed E-state index contributed by atoms with van der Waals surface area (Å²) in [6, 6.07) is 20.5. The molecule has 0 aliphatic heterocycles. The van der Waals surface area contributed by atoms with Crippen molar-refractivity contribution in [2.45, 2.75) is 0 Å². The number of para-hydroxylation sites is 1. The summed E-state index contributed by atoms with van der Waals surface area (Å²) >= 11 is 0. The second kappa shape index (κ2) is 5.74. The van der Waals surface area contributed by atoms with Crippen LogP contribution in [-0.2, 0) is 0 Å². The van der Waals surface area contributed by atoms with Gasteiger partial charge in [0.25, 0.3) is 5.91 Å². The summed E-state index contributed by atoms with van der Waals surface area (Å²) in [5, 5.41) is 4.69. The molecule has 0 atom stereocenters. The van der Waals surface area contributed by atoms with Gasteiger partial charge in [-0.2, -0.15) is 0 Å². The fourth-order valence-electron chi connectivity index (χ4n) is 2.84. The maximum absolute atomic E-state index is 12.7. The van der Waals surface area contributed by atoms with E-state index in [0.717, 1.165) is 22.1 Å². The number of rotatable bonds is 3. The molecule has 24 heavy (non-hydrogen) atoms. The molecule has 0 unspecified atom stereocenters. The van der Waals surface area contributed by atoms with Crippen LogP contribution in [0, 0.1) is 0 Å². The Morgan fingerprint density at radius 1 is 0.917 bits per heavy atom. The third-order valence-corrected chi connectivity index (χ3v) is 4.00. The molecule has 0 radical (unpaired) electrons. The average molecular weight is 317 g/mol. The zero-order valence-corrected chi connectivity index (χ0v) is 13.1. The van der Waals surface area contributed by atoms with Gasteiger partial charge in [0.2, 0.25) is 0 Å². The van der Waals surface area contributed by atoms with Gasteiger partial charge in [-0.05, 0) is 42.5 Å². The number of ether oxygens (including phenoxy) is 1. The first-order valence-corrected chi connectivity index (χ1v) is 7.62. The largest absolute Gasteiger partial charge is 0.497 e.